The largest absolute Gasteiger partial charge is 0.481 e. The number of aromatic nitrogens is 2. The first-order valence-electron chi connectivity index (χ1n) is 8.56. The van der Waals surface area contributed by atoms with Crippen LogP contribution in [-0.2, 0) is 22.6 Å². The maximum atomic E-state index is 12.3. The van der Waals surface area contributed by atoms with Crippen molar-refractivity contribution in [3.63, 3.8) is 0 Å². The molecule has 26 heavy (non-hydrogen) atoms. The topological polar surface area (TPSA) is 84.2 Å². The summed E-state index contributed by atoms with van der Waals surface area (Å²) >= 11 is 0. The van der Waals surface area contributed by atoms with E-state index in [1.54, 1.807) is 0 Å². The molecule has 0 unspecified atom stereocenters. The van der Waals surface area contributed by atoms with E-state index in [4.69, 9.17) is 5.11 Å². The average Bonchev–Trinajstić information content (AvgIpc) is 2.98. The van der Waals surface area contributed by atoms with Gasteiger partial charge in [-0.2, -0.15) is 0 Å². The maximum Gasteiger partial charge on any atom is 0.303 e. The minimum absolute atomic E-state index is 0.0126. The molecule has 0 saturated heterocycles. The predicted octanol–water partition coefficient (Wildman–Crippen LogP) is 3.39. The molecule has 0 aliphatic carbocycles. The second-order valence-electron chi connectivity index (χ2n) is 6.18. The van der Waals surface area contributed by atoms with Crippen LogP contribution < -0.4 is 5.32 Å². The van der Waals surface area contributed by atoms with E-state index in [-0.39, 0.29) is 18.7 Å². The molecule has 1 amide bonds. The number of para-hydroxylation sites is 3. The van der Waals surface area contributed by atoms with Crippen molar-refractivity contribution in [1.29, 1.82) is 0 Å². The average molecular weight is 351 g/mol. The van der Waals surface area contributed by atoms with Crippen LogP contribution in [0.2, 0.25) is 0 Å². The van der Waals surface area contributed by atoms with Crippen LogP contribution in [0.15, 0.2) is 48.5 Å². The monoisotopic (exact) mass is 351 g/mol. The van der Waals surface area contributed by atoms with Gasteiger partial charge in [-0.25, -0.2) is 4.98 Å². The first kappa shape index (κ1) is 17.7. The van der Waals surface area contributed by atoms with Gasteiger partial charge in [0.15, 0.2) is 0 Å². The Kier molecular flexibility index (Phi) is 5.31. The van der Waals surface area contributed by atoms with Gasteiger partial charge in [-0.15, -0.1) is 0 Å². The lowest BCUT2D eigenvalue weighted by atomic mass is 10.2. The highest BCUT2D eigenvalue weighted by atomic mass is 16.4. The molecule has 0 aliphatic heterocycles. The Labute approximate surface area is 151 Å². The van der Waals surface area contributed by atoms with Crippen molar-refractivity contribution in [2.45, 2.75) is 32.7 Å². The van der Waals surface area contributed by atoms with Gasteiger partial charge in [0.2, 0.25) is 5.91 Å². The number of imidazole rings is 1. The second-order valence-corrected chi connectivity index (χ2v) is 6.18. The third-order valence-electron chi connectivity index (χ3n) is 4.28. The maximum absolute atomic E-state index is 12.3. The first-order valence-corrected chi connectivity index (χ1v) is 8.56. The molecule has 0 atom stereocenters. The van der Waals surface area contributed by atoms with Gasteiger partial charge in [-0.1, -0.05) is 30.3 Å². The number of carboxylic acids is 1. The number of fused-ring (bicyclic) bond motifs is 1. The minimum atomic E-state index is -0.860. The minimum Gasteiger partial charge on any atom is -0.481 e. The Morgan fingerprint density at radius 3 is 2.58 bits per heavy atom. The van der Waals surface area contributed by atoms with Crippen LogP contribution in [0, 0.1) is 6.92 Å². The van der Waals surface area contributed by atoms with Gasteiger partial charge >= 0.3 is 5.97 Å². The van der Waals surface area contributed by atoms with Gasteiger partial charge in [-0.3, -0.25) is 9.59 Å². The molecule has 0 fully saturated rings. The molecule has 3 aromatic rings. The molecule has 0 saturated carbocycles. The Morgan fingerprint density at radius 2 is 1.81 bits per heavy atom. The molecular formula is C20H21N3O3. The summed E-state index contributed by atoms with van der Waals surface area (Å²) < 4.78 is 1.94. The fourth-order valence-electron chi connectivity index (χ4n) is 2.92. The molecule has 2 N–H and O–H groups in total. The van der Waals surface area contributed by atoms with Crippen molar-refractivity contribution < 1.29 is 14.7 Å². The zero-order valence-corrected chi connectivity index (χ0v) is 14.6. The number of aryl methyl sites for hydroxylation is 3. The third kappa shape index (κ3) is 4.08. The number of benzene rings is 2. The first-order chi connectivity index (χ1) is 12.5. The van der Waals surface area contributed by atoms with E-state index < -0.39 is 5.97 Å². The number of carbonyl (C=O) groups is 2. The SMILES string of the molecule is Cc1ccccc1NC(=O)CCn1c(CCC(=O)O)nc2ccccc21. The summed E-state index contributed by atoms with van der Waals surface area (Å²) in [5.74, 6) is -0.251. The van der Waals surface area contributed by atoms with E-state index in [9.17, 15) is 9.59 Å². The number of hydrogen-bond donors (Lipinski definition) is 2. The molecule has 1 aromatic heterocycles. The Hall–Kier alpha value is -3.15. The molecule has 3 rings (SSSR count). The number of amides is 1. The predicted molar refractivity (Wildman–Crippen MR) is 100 cm³/mol. The summed E-state index contributed by atoms with van der Waals surface area (Å²) in [6.07, 6.45) is 0.636. The molecule has 2 aromatic carbocycles. The van der Waals surface area contributed by atoms with E-state index in [0.29, 0.717) is 18.8 Å². The van der Waals surface area contributed by atoms with E-state index in [1.165, 1.54) is 0 Å². The lowest BCUT2D eigenvalue weighted by molar-refractivity contribution is -0.137. The number of anilines is 1. The fraction of sp³-hybridized carbons (Fsp3) is 0.250. The molecule has 6 nitrogen and oxygen atoms in total. The van der Waals surface area contributed by atoms with Crippen LogP contribution in [0.3, 0.4) is 0 Å². The molecule has 0 radical (unpaired) electrons. The number of nitrogens with one attached hydrogen (secondary N) is 1. The lowest BCUT2D eigenvalue weighted by Crippen LogP contribution is -2.16. The van der Waals surface area contributed by atoms with Crippen molar-refractivity contribution in [3.8, 4) is 0 Å². The zero-order valence-electron chi connectivity index (χ0n) is 14.6. The Bertz CT molecular complexity index is 946. The number of nitrogens with zero attached hydrogens (tertiary/aromatic N) is 2. The molecule has 1 heterocycles. The summed E-state index contributed by atoms with van der Waals surface area (Å²) in [6.45, 7) is 2.40. The van der Waals surface area contributed by atoms with Crippen LogP contribution in [-0.4, -0.2) is 26.5 Å². The number of carbonyl (C=O) groups excluding carboxylic acids is 1. The highest BCUT2D eigenvalue weighted by Crippen LogP contribution is 2.18. The summed E-state index contributed by atoms with van der Waals surface area (Å²) in [7, 11) is 0. The number of aliphatic carboxylic acids is 1. The van der Waals surface area contributed by atoms with Gasteiger partial charge in [-0.05, 0) is 30.7 Å². The number of hydrogen-bond acceptors (Lipinski definition) is 3. The summed E-state index contributed by atoms with van der Waals surface area (Å²) in [5.41, 5.74) is 3.54. The molecule has 134 valence electrons. The molecule has 0 bridgehead atoms. The van der Waals surface area contributed by atoms with E-state index >= 15 is 0 Å². The van der Waals surface area contributed by atoms with E-state index in [2.05, 4.69) is 10.3 Å². The Balaban J connectivity index is 1.75. The summed E-state index contributed by atoms with van der Waals surface area (Å²) in [5, 5.41) is 11.9. The van der Waals surface area contributed by atoms with E-state index in [0.717, 1.165) is 22.3 Å². The van der Waals surface area contributed by atoms with Gasteiger partial charge in [0.1, 0.15) is 5.82 Å². The molecule has 0 spiro atoms. The third-order valence-corrected chi connectivity index (χ3v) is 4.28. The lowest BCUT2D eigenvalue weighted by Gasteiger charge is -2.11. The van der Waals surface area contributed by atoms with Crippen molar-refractivity contribution in [1.82, 2.24) is 9.55 Å². The smallest absolute Gasteiger partial charge is 0.303 e. The van der Waals surface area contributed by atoms with Crippen LogP contribution in [0.25, 0.3) is 11.0 Å². The zero-order chi connectivity index (χ0) is 18.5. The summed E-state index contributed by atoms with van der Waals surface area (Å²) in [4.78, 5) is 27.8. The van der Waals surface area contributed by atoms with Gasteiger partial charge in [0, 0.05) is 25.1 Å². The van der Waals surface area contributed by atoms with Crippen molar-refractivity contribution >= 4 is 28.6 Å². The van der Waals surface area contributed by atoms with Crippen LogP contribution >= 0.6 is 0 Å². The van der Waals surface area contributed by atoms with Crippen LogP contribution in [0.5, 0.6) is 0 Å². The molecule has 0 aliphatic rings. The van der Waals surface area contributed by atoms with Crippen LogP contribution in [0.4, 0.5) is 5.69 Å². The van der Waals surface area contributed by atoms with Crippen molar-refractivity contribution in [2.24, 2.45) is 0 Å². The second kappa shape index (κ2) is 7.82. The van der Waals surface area contributed by atoms with Gasteiger partial charge in [0.05, 0.1) is 17.5 Å². The van der Waals surface area contributed by atoms with Gasteiger partial charge in [0.25, 0.3) is 0 Å². The fourth-order valence-corrected chi connectivity index (χ4v) is 2.92. The normalized spacial score (nSPS) is 10.8. The standard InChI is InChI=1S/C20H21N3O3/c1-14-6-2-3-7-15(14)22-19(24)12-13-23-17-9-5-4-8-16(17)21-18(23)10-11-20(25)26/h2-9H,10-13H2,1H3,(H,22,24)(H,25,26). The number of rotatable bonds is 7. The van der Waals surface area contributed by atoms with E-state index in [1.807, 2.05) is 60.0 Å². The van der Waals surface area contributed by atoms with Crippen molar-refractivity contribution in [3.05, 3.63) is 59.9 Å². The summed E-state index contributed by atoms with van der Waals surface area (Å²) in [6, 6.07) is 15.3. The molecular weight excluding hydrogens is 330 g/mol. The number of carboxylic acid groups (broad SMARTS) is 1. The molecule has 6 heteroatoms. The van der Waals surface area contributed by atoms with Crippen molar-refractivity contribution in [2.75, 3.05) is 5.32 Å². The Morgan fingerprint density at radius 1 is 1.08 bits per heavy atom. The van der Waals surface area contributed by atoms with Crippen LogP contribution in [0.1, 0.15) is 24.2 Å². The highest BCUT2D eigenvalue weighted by Gasteiger charge is 2.13. The quantitative estimate of drug-likeness (QED) is 0.683. The highest BCUT2D eigenvalue weighted by molar-refractivity contribution is 5.91. The van der Waals surface area contributed by atoms with Gasteiger partial charge < -0.3 is 15.0 Å².